The topological polar surface area (TPSA) is 102 Å². The smallest absolute Gasteiger partial charge is 0.239 e. The minimum atomic E-state index is 0.364. The van der Waals surface area contributed by atoms with Gasteiger partial charge in [-0.3, -0.25) is 5.43 Å². The normalized spacial score (nSPS) is 9.85. The third kappa shape index (κ3) is 1.85. The van der Waals surface area contributed by atoms with Gasteiger partial charge < -0.3 is 5.43 Å². The molecule has 1 aromatic rings. The lowest BCUT2D eigenvalue weighted by atomic mass is 10.2. The van der Waals surface area contributed by atoms with Crippen LogP contribution in [0.5, 0.6) is 0 Å². The first kappa shape index (κ1) is 9.69. The van der Waals surface area contributed by atoms with Crippen molar-refractivity contribution in [3.05, 3.63) is 11.3 Å². The largest absolute Gasteiger partial charge is 0.308 e. The van der Waals surface area contributed by atoms with Gasteiger partial charge in [-0.1, -0.05) is 6.92 Å². The number of aryl methyl sites for hydroxylation is 1. The van der Waals surface area contributed by atoms with Gasteiger partial charge in [-0.15, -0.1) is 0 Å². The quantitative estimate of drug-likeness (QED) is 0.385. The van der Waals surface area contributed by atoms with Gasteiger partial charge in [0.2, 0.25) is 5.95 Å². The zero-order valence-corrected chi connectivity index (χ0v) is 7.76. The van der Waals surface area contributed by atoms with E-state index in [9.17, 15) is 0 Å². The van der Waals surface area contributed by atoms with Crippen molar-refractivity contribution < 1.29 is 0 Å². The maximum absolute atomic E-state index is 5.31. The van der Waals surface area contributed by atoms with E-state index in [1.54, 1.807) is 0 Å². The number of nitrogens with one attached hydrogen (secondary N) is 2. The lowest BCUT2D eigenvalue weighted by Gasteiger charge is -2.10. The number of nitrogens with two attached hydrogens (primary N) is 2. The van der Waals surface area contributed by atoms with Crippen molar-refractivity contribution in [2.24, 2.45) is 11.7 Å². The molecule has 0 aliphatic heterocycles. The number of nitrogens with zero attached hydrogens (tertiary/aromatic N) is 2. The standard InChI is InChI=1S/C7H14N6/c1-3-5-4(2)10-7(13-9)11-6(5)12-8/h3,8-9H2,1-2H3,(H2,10,11,12,13). The summed E-state index contributed by atoms with van der Waals surface area (Å²) in [6.07, 6.45) is 0.830. The molecule has 0 aromatic carbocycles. The van der Waals surface area contributed by atoms with E-state index in [4.69, 9.17) is 11.7 Å². The molecule has 6 nitrogen and oxygen atoms in total. The molecule has 0 radical (unpaired) electrons. The summed E-state index contributed by atoms with van der Waals surface area (Å²) in [5, 5.41) is 0. The second kappa shape index (κ2) is 4.01. The van der Waals surface area contributed by atoms with Crippen LogP contribution in [0.3, 0.4) is 0 Å². The van der Waals surface area contributed by atoms with Crippen LogP contribution in [-0.4, -0.2) is 9.97 Å². The highest BCUT2D eigenvalue weighted by molar-refractivity contribution is 5.49. The fourth-order valence-corrected chi connectivity index (χ4v) is 1.20. The average molecular weight is 182 g/mol. The molecular weight excluding hydrogens is 168 g/mol. The van der Waals surface area contributed by atoms with Crippen molar-refractivity contribution in [3.63, 3.8) is 0 Å². The minimum Gasteiger partial charge on any atom is -0.308 e. The highest BCUT2D eigenvalue weighted by Gasteiger charge is 2.07. The summed E-state index contributed by atoms with van der Waals surface area (Å²) < 4.78 is 0. The van der Waals surface area contributed by atoms with Crippen LogP contribution >= 0.6 is 0 Å². The van der Waals surface area contributed by atoms with Crippen LogP contribution in [0.25, 0.3) is 0 Å². The lowest BCUT2D eigenvalue weighted by Crippen LogP contribution is -2.17. The molecule has 0 aliphatic rings. The summed E-state index contributed by atoms with van der Waals surface area (Å²) in [5.74, 6) is 11.5. The van der Waals surface area contributed by atoms with Crippen molar-refractivity contribution in [1.29, 1.82) is 0 Å². The van der Waals surface area contributed by atoms with Crippen molar-refractivity contribution >= 4 is 11.8 Å². The van der Waals surface area contributed by atoms with E-state index in [-0.39, 0.29) is 0 Å². The number of aromatic nitrogens is 2. The Hall–Kier alpha value is -1.40. The molecule has 6 heteroatoms. The van der Waals surface area contributed by atoms with Gasteiger partial charge in [0.15, 0.2) is 0 Å². The third-order valence-corrected chi connectivity index (χ3v) is 1.83. The summed E-state index contributed by atoms with van der Waals surface area (Å²) in [7, 11) is 0. The van der Waals surface area contributed by atoms with Crippen molar-refractivity contribution in [2.75, 3.05) is 10.9 Å². The molecule has 6 N–H and O–H groups in total. The van der Waals surface area contributed by atoms with Crippen LogP contribution < -0.4 is 22.5 Å². The predicted octanol–water partition coefficient (Wildman–Crippen LogP) is -0.0814. The van der Waals surface area contributed by atoms with Gasteiger partial charge in [0.05, 0.1) is 0 Å². The van der Waals surface area contributed by atoms with Crippen molar-refractivity contribution in [2.45, 2.75) is 20.3 Å². The molecular formula is C7H14N6. The van der Waals surface area contributed by atoms with E-state index in [2.05, 4.69) is 20.8 Å². The zero-order valence-electron chi connectivity index (χ0n) is 7.76. The molecule has 0 spiro atoms. The SMILES string of the molecule is CCc1c(C)nc(NN)nc1NN. The Bertz CT molecular complexity index is 297. The Morgan fingerprint density at radius 3 is 2.38 bits per heavy atom. The summed E-state index contributed by atoms with van der Waals surface area (Å²) in [5.41, 5.74) is 6.77. The molecule has 0 bridgehead atoms. The van der Waals surface area contributed by atoms with Gasteiger partial charge in [-0.25, -0.2) is 16.7 Å². The van der Waals surface area contributed by atoms with Gasteiger partial charge in [0.1, 0.15) is 5.82 Å². The molecule has 0 aliphatic carbocycles. The van der Waals surface area contributed by atoms with Crippen LogP contribution in [0.15, 0.2) is 0 Å². The van der Waals surface area contributed by atoms with Gasteiger partial charge >= 0.3 is 0 Å². The summed E-state index contributed by atoms with van der Waals surface area (Å²) >= 11 is 0. The molecule has 0 saturated heterocycles. The fraction of sp³-hybridized carbons (Fsp3) is 0.429. The molecule has 1 heterocycles. The maximum atomic E-state index is 5.31. The number of hydrogen-bond donors (Lipinski definition) is 4. The first-order chi connectivity index (χ1) is 6.22. The molecule has 13 heavy (non-hydrogen) atoms. The molecule has 0 atom stereocenters. The van der Waals surface area contributed by atoms with Crippen LogP contribution in [0, 0.1) is 6.92 Å². The first-order valence-electron chi connectivity index (χ1n) is 4.03. The lowest BCUT2D eigenvalue weighted by molar-refractivity contribution is 0.982. The molecule has 0 fully saturated rings. The van der Waals surface area contributed by atoms with Crippen molar-refractivity contribution in [1.82, 2.24) is 9.97 Å². The van der Waals surface area contributed by atoms with Crippen LogP contribution in [0.1, 0.15) is 18.2 Å². The van der Waals surface area contributed by atoms with E-state index in [1.165, 1.54) is 0 Å². The van der Waals surface area contributed by atoms with Crippen LogP contribution in [0.4, 0.5) is 11.8 Å². The summed E-state index contributed by atoms with van der Waals surface area (Å²) in [6.45, 7) is 3.91. The Morgan fingerprint density at radius 2 is 1.92 bits per heavy atom. The van der Waals surface area contributed by atoms with Gasteiger partial charge in [-0.05, 0) is 13.3 Å². The van der Waals surface area contributed by atoms with E-state index in [0.717, 1.165) is 17.7 Å². The van der Waals surface area contributed by atoms with E-state index >= 15 is 0 Å². The fourth-order valence-electron chi connectivity index (χ4n) is 1.20. The molecule has 0 unspecified atom stereocenters. The average Bonchev–Trinajstić information content (AvgIpc) is 2.16. The number of nitrogen functional groups attached to an aromatic ring is 2. The second-order valence-electron chi connectivity index (χ2n) is 2.60. The summed E-state index contributed by atoms with van der Waals surface area (Å²) in [4.78, 5) is 8.19. The Labute approximate surface area is 76.7 Å². The zero-order chi connectivity index (χ0) is 9.84. The second-order valence-corrected chi connectivity index (χ2v) is 2.60. The Balaban J connectivity index is 3.20. The molecule has 0 amide bonds. The molecule has 0 saturated carbocycles. The minimum absolute atomic E-state index is 0.364. The van der Waals surface area contributed by atoms with Crippen LogP contribution in [0.2, 0.25) is 0 Å². The Kier molecular flexibility index (Phi) is 2.99. The number of rotatable bonds is 3. The summed E-state index contributed by atoms with van der Waals surface area (Å²) in [6, 6.07) is 0. The monoisotopic (exact) mass is 182 g/mol. The number of anilines is 2. The van der Waals surface area contributed by atoms with E-state index in [1.807, 2.05) is 13.8 Å². The molecule has 1 aromatic heterocycles. The first-order valence-corrected chi connectivity index (χ1v) is 4.03. The number of hydrogen-bond acceptors (Lipinski definition) is 6. The van der Waals surface area contributed by atoms with E-state index in [0.29, 0.717) is 11.8 Å². The highest BCUT2D eigenvalue weighted by Crippen LogP contribution is 2.17. The molecule has 72 valence electrons. The molecule has 1 rings (SSSR count). The van der Waals surface area contributed by atoms with Crippen molar-refractivity contribution in [3.8, 4) is 0 Å². The highest BCUT2D eigenvalue weighted by atomic mass is 15.3. The van der Waals surface area contributed by atoms with Crippen LogP contribution in [-0.2, 0) is 6.42 Å². The van der Waals surface area contributed by atoms with Gasteiger partial charge in [0.25, 0.3) is 0 Å². The van der Waals surface area contributed by atoms with Gasteiger partial charge in [0, 0.05) is 11.3 Å². The van der Waals surface area contributed by atoms with Gasteiger partial charge in [-0.2, -0.15) is 4.98 Å². The van der Waals surface area contributed by atoms with E-state index < -0.39 is 0 Å². The Morgan fingerprint density at radius 1 is 1.23 bits per heavy atom. The number of hydrazine groups is 2. The maximum Gasteiger partial charge on any atom is 0.239 e. The third-order valence-electron chi connectivity index (χ3n) is 1.83. The predicted molar refractivity (Wildman–Crippen MR) is 51.8 cm³/mol.